The SMILES string of the molecule is c1ccc(-c2ccc3ccc(-c4ccc5ccc(-c6nc(-c7ccccc7)nc(-c7ccccc7)n6)nc5c4)nc3c2)cc1. The van der Waals surface area contributed by atoms with Crippen molar-refractivity contribution >= 4 is 21.8 Å². The van der Waals surface area contributed by atoms with Gasteiger partial charge < -0.3 is 0 Å². The molecular formula is C39H25N5. The van der Waals surface area contributed by atoms with E-state index in [4.69, 9.17) is 24.9 Å². The highest BCUT2D eigenvalue weighted by molar-refractivity contribution is 5.89. The molecule has 0 bridgehead atoms. The van der Waals surface area contributed by atoms with E-state index in [1.54, 1.807) is 0 Å². The summed E-state index contributed by atoms with van der Waals surface area (Å²) in [5.41, 5.74) is 8.56. The van der Waals surface area contributed by atoms with Crippen molar-refractivity contribution in [1.82, 2.24) is 24.9 Å². The lowest BCUT2D eigenvalue weighted by Crippen LogP contribution is -2.01. The first-order chi connectivity index (χ1) is 21.8. The number of aromatic nitrogens is 5. The molecule has 0 unspecified atom stereocenters. The van der Waals surface area contributed by atoms with Crippen LogP contribution >= 0.6 is 0 Å². The summed E-state index contributed by atoms with van der Waals surface area (Å²) in [6.45, 7) is 0. The Hall–Kier alpha value is -6.07. The van der Waals surface area contributed by atoms with Gasteiger partial charge in [0.2, 0.25) is 0 Å². The molecule has 8 aromatic rings. The molecular weight excluding hydrogens is 538 g/mol. The Morgan fingerprint density at radius 3 is 1.30 bits per heavy atom. The van der Waals surface area contributed by atoms with Crippen molar-refractivity contribution in [3.05, 3.63) is 152 Å². The van der Waals surface area contributed by atoms with E-state index in [9.17, 15) is 0 Å². The summed E-state index contributed by atoms with van der Waals surface area (Å²) in [4.78, 5) is 24.6. The Balaban J connectivity index is 1.21. The molecule has 0 aliphatic rings. The van der Waals surface area contributed by atoms with Crippen LogP contribution in [0.15, 0.2) is 152 Å². The van der Waals surface area contributed by atoms with Gasteiger partial charge >= 0.3 is 0 Å². The first-order valence-corrected chi connectivity index (χ1v) is 14.5. The number of nitrogens with zero attached hydrogens (tertiary/aromatic N) is 5. The Kier molecular flexibility index (Phi) is 6.39. The smallest absolute Gasteiger partial charge is 0.182 e. The van der Waals surface area contributed by atoms with Crippen molar-refractivity contribution in [3.8, 4) is 56.7 Å². The van der Waals surface area contributed by atoms with Crippen LogP contribution in [0.25, 0.3) is 78.5 Å². The van der Waals surface area contributed by atoms with Crippen molar-refractivity contribution in [1.29, 1.82) is 0 Å². The van der Waals surface area contributed by atoms with E-state index in [1.807, 2.05) is 72.8 Å². The van der Waals surface area contributed by atoms with Crippen LogP contribution in [0.4, 0.5) is 0 Å². The third-order valence-corrected chi connectivity index (χ3v) is 7.72. The van der Waals surface area contributed by atoms with Crippen molar-refractivity contribution in [2.45, 2.75) is 0 Å². The summed E-state index contributed by atoms with van der Waals surface area (Å²) in [6.07, 6.45) is 0. The Labute approximate surface area is 254 Å². The molecule has 5 nitrogen and oxygen atoms in total. The third kappa shape index (κ3) is 4.97. The summed E-state index contributed by atoms with van der Waals surface area (Å²) < 4.78 is 0. The number of hydrogen-bond donors (Lipinski definition) is 0. The second-order valence-electron chi connectivity index (χ2n) is 10.6. The average Bonchev–Trinajstić information content (AvgIpc) is 3.11. The van der Waals surface area contributed by atoms with Gasteiger partial charge in [-0.2, -0.15) is 0 Å². The molecule has 0 aliphatic carbocycles. The lowest BCUT2D eigenvalue weighted by atomic mass is 10.0. The van der Waals surface area contributed by atoms with Gasteiger partial charge in [0.1, 0.15) is 5.69 Å². The molecule has 5 heteroatoms. The minimum Gasteiger partial charge on any atom is -0.248 e. The maximum Gasteiger partial charge on any atom is 0.182 e. The lowest BCUT2D eigenvalue weighted by molar-refractivity contribution is 1.06. The topological polar surface area (TPSA) is 64.5 Å². The highest BCUT2D eigenvalue weighted by Gasteiger charge is 2.14. The van der Waals surface area contributed by atoms with E-state index in [2.05, 4.69) is 78.9 Å². The summed E-state index contributed by atoms with van der Waals surface area (Å²) in [5.74, 6) is 1.75. The van der Waals surface area contributed by atoms with Crippen molar-refractivity contribution in [2.75, 3.05) is 0 Å². The van der Waals surface area contributed by atoms with Gasteiger partial charge in [-0.05, 0) is 35.4 Å². The van der Waals surface area contributed by atoms with E-state index in [-0.39, 0.29) is 0 Å². The van der Waals surface area contributed by atoms with Gasteiger partial charge in [-0.1, -0.05) is 127 Å². The minimum absolute atomic E-state index is 0.530. The maximum absolute atomic E-state index is 5.05. The standard InChI is InChI=1S/C39H25N5/c1-4-10-26(11-5-1)31-18-16-27-20-22-33(40-35(27)24-31)32-19-17-28-21-23-34(41-36(28)25-32)39-43-37(29-12-6-2-7-13-29)42-38(44-39)30-14-8-3-9-15-30/h1-25H. The van der Waals surface area contributed by atoms with Gasteiger partial charge in [-0.15, -0.1) is 0 Å². The van der Waals surface area contributed by atoms with Crippen LogP contribution in [0.2, 0.25) is 0 Å². The largest absolute Gasteiger partial charge is 0.248 e. The second kappa shape index (κ2) is 11.0. The van der Waals surface area contributed by atoms with Gasteiger partial charge in [0.05, 0.1) is 16.7 Å². The monoisotopic (exact) mass is 563 g/mol. The molecule has 0 N–H and O–H groups in total. The third-order valence-electron chi connectivity index (χ3n) is 7.72. The van der Waals surface area contributed by atoms with Gasteiger partial charge in [0, 0.05) is 27.5 Å². The van der Waals surface area contributed by atoms with Crippen LogP contribution in [0.5, 0.6) is 0 Å². The summed E-state index contributed by atoms with van der Waals surface area (Å²) in [7, 11) is 0. The maximum atomic E-state index is 5.05. The van der Waals surface area contributed by atoms with E-state index in [0.717, 1.165) is 49.8 Å². The molecule has 3 aromatic heterocycles. The molecule has 0 amide bonds. The van der Waals surface area contributed by atoms with E-state index < -0.39 is 0 Å². The van der Waals surface area contributed by atoms with Crippen LogP contribution in [0.3, 0.4) is 0 Å². The molecule has 8 rings (SSSR count). The van der Waals surface area contributed by atoms with Gasteiger partial charge in [-0.3, -0.25) is 0 Å². The summed E-state index contributed by atoms with van der Waals surface area (Å²) in [6, 6.07) is 51.3. The fraction of sp³-hybridized carbons (Fsp3) is 0. The van der Waals surface area contributed by atoms with E-state index >= 15 is 0 Å². The molecule has 44 heavy (non-hydrogen) atoms. The molecule has 3 heterocycles. The first kappa shape index (κ1) is 25.6. The number of benzene rings is 5. The predicted octanol–water partition coefficient (Wildman–Crippen LogP) is 9.30. The minimum atomic E-state index is 0.530. The molecule has 0 saturated heterocycles. The molecule has 0 radical (unpaired) electrons. The highest BCUT2D eigenvalue weighted by Crippen LogP contribution is 2.29. The number of hydrogen-bond acceptors (Lipinski definition) is 5. The molecule has 0 aliphatic heterocycles. The quantitative estimate of drug-likeness (QED) is 0.209. The van der Waals surface area contributed by atoms with Crippen LogP contribution < -0.4 is 0 Å². The summed E-state index contributed by atoms with van der Waals surface area (Å²) in [5, 5.41) is 2.14. The normalized spacial score (nSPS) is 11.2. The fourth-order valence-electron chi connectivity index (χ4n) is 5.41. The first-order valence-electron chi connectivity index (χ1n) is 14.5. The Bertz CT molecular complexity index is 2210. The van der Waals surface area contributed by atoms with Gasteiger partial charge in [0.15, 0.2) is 17.5 Å². The highest BCUT2D eigenvalue weighted by atomic mass is 15.0. The molecule has 0 fully saturated rings. The second-order valence-corrected chi connectivity index (χ2v) is 10.6. The zero-order valence-corrected chi connectivity index (χ0v) is 23.7. The van der Waals surface area contributed by atoms with E-state index in [1.165, 1.54) is 5.56 Å². The molecule has 0 atom stereocenters. The van der Waals surface area contributed by atoms with Gasteiger partial charge in [0.25, 0.3) is 0 Å². The Morgan fingerprint density at radius 2 is 0.705 bits per heavy atom. The van der Waals surface area contributed by atoms with Crippen molar-refractivity contribution < 1.29 is 0 Å². The average molecular weight is 564 g/mol. The molecule has 0 saturated carbocycles. The summed E-state index contributed by atoms with van der Waals surface area (Å²) >= 11 is 0. The van der Waals surface area contributed by atoms with Crippen LogP contribution in [0, 0.1) is 0 Å². The zero-order valence-electron chi connectivity index (χ0n) is 23.7. The van der Waals surface area contributed by atoms with E-state index in [0.29, 0.717) is 23.2 Å². The van der Waals surface area contributed by atoms with Crippen molar-refractivity contribution in [2.24, 2.45) is 0 Å². The number of fused-ring (bicyclic) bond motifs is 2. The number of pyridine rings is 2. The zero-order chi connectivity index (χ0) is 29.3. The van der Waals surface area contributed by atoms with Crippen molar-refractivity contribution in [3.63, 3.8) is 0 Å². The van der Waals surface area contributed by atoms with Gasteiger partial charge in [-0.25, -0.2) is 24.9 Å². The molecule has 5 aromatic carbocycles. The van der Waals surface area contributed by atoms with Crippen LogP contribution in [-0.2, 0) is 0 Å². The molecule has 0 spiro atoms. The lowest BCUT2D eigenvalue weighted by Gasteiger charge is -2.09. The Morgan fingerprint density at radius 1 is 0.273 bits per heavy atom. The predicted molar refractivity (Wildman–Crippen MR) is 178 cm³/mol. The van der Waals surface area contributed by atoms with Crippen LogP contribution in [-0.4, -0.2) is 24.9 Å². The molecule has 206 valence electrons. The van der Waals surface area contributed by atoms with Crippen LogP contribution in [0.1, 0.15) is 0 Å². The number of rotatable bonds is 5. The fourth-order valence-corrected chi connectivity index (χ4v) is 5.41.